The fraction of sp³-hybridized carbons (Fsp3) is 0.929. The molecule has 0 amide bonds. The smallest absolute Gasteiger partial charge is 0.188 e. The van der Waals surface area contributed by atoms with Crippen LogP contribution in [-0.4, -0.2) is 42.6 Å². The second kappa shape index (κ2) is 7.62. The molecule has 4 nitrogen and oxygen atoms in total. The number of nitrogens with zero attached hydrogens (tertiary/aromatic N) is 2. The molecule has 0 unspecified atom stereocenters. The van der Waals surface area contributed by atoms with Crippen LogP contribution in [0, 0.1) is 0 Å². The van der Waals surface area contributed by atoms with Crippen LogP contribution in [-0.2, 0) is 0 Å². The van der Waals surface area contributed by atoms with Gasteiger partial charge in [-0.15, -0.1) is 0 Å². The highest BCUT2D eigenvalue weighted by atomic mass is 15.1. The third-order valence-corrected chi connectivity index (χ3v) is 3.12. The molecule has 0 aromatic carbocycles. The molecule has 0 aliphatic carbocycles. The van der Waals surface area contributed by atoms with Crippen molar-refractivity contribution in [1.29, 1.82) is 0 Å². The summed E-state index contributed by atoms with van der Waals surface area (Å²) in [4.78, 5) is 6.94. The largest absolute Gasteiger partial charge is 0.370 e. The zero-order valence-corrected chi connectivity index (χ0v) is 12.3. The number of hydrogen-bond donors (Lipinski definition) is 2. The lowest BCUT2D eigenvalue weighted by atomic mass is 10.1. The van der Waals surface area contributed by atoms with Crippen LogP contribution < -0.4 is 11.1 Å². The van der Waals surface area contributed by atoms with Gasteiger partial charge in [-0.1, -0.05) is 12.8 Å². The molecule has 0 bridgehead atoms. The van der Waals surface area contributed by atoms with Crippen molar-refractivity contribution in [2.75, 3.05) is 26.2 Å². The molecule has 1 fully saturated rings. The monoisotopic (exact) mass is 254 g/mol. The first kappa shape index (κ1) is 15.3. The lowest BCUT2D eigenvalue weighted by Crippen LogP contribution is -2.45. The number of aliphatic imine (C=N–C) groups is 1. The Hall–Kier alpha value is -0.770. The van der Waals surface area contributed by atoms with E-state index in [1.165, 1.54) is 38.8 Å². The molecule has 0 aromatic heterocycles. The SMILES string of the molecule is CC(C)(C)NC(N)=NCCCN1CCCCCC1. The lowest BCUT2D eigenvalue weighted by molar-refractivity contribution is 0.283. The third-order valence-electron chi connectivity index (χ3n) is 3.12. The highest BCUT2D eigenvalue weighted by molar-refractivity contribution is 5.78. The van der Waals surface area contributed by atoms with E-state index in [0.29, 0.717) is 5.96 Å². The summed E-state index contributed by atoms with van der Waals surface area (Å²) in [5.41, 5.74) is 5.83. The number of rotatable bonds is 4. The highest BCUT2D eigenvalue weighted by Crippen LogP contribution is 2.09. The van der Waals surface area contributed by atoms with Gasteiger partial charge in [0.05, 0.1) is 0 Å². The van der Waals surface area contributed by atoms with Crippen LogP contribution in [0.1, 0.15) is 52.9 Å². The molecule has 1 rings (SSSR count). The summed E-state index contributed by atoms with van der Waals surface area (Å²) < 4.78 is 0. The van der Waals surface area contributed by atoms with E-state index < -0.39 is 0 Å². The van der Waals surface area contributed by atoms with Crippen LogP contribution >= 0.6 is 0 Å². The second-order valence-corrected chi connectivity index (χ2v) is 6.25. The number of likely N-dealkylation sites (tertiary alicyclic amines) is 1. The van der Waals surface area contributed by atoms with Crippen molar-refractivity contribution in [2.24, 2.45) is 10.7 Å². The summed E-state index contributed by atoms with van der Waals surface area (Å²) in [5, 5.41) is 3.18. The molecule has 0 spiro atoms. The Balaban J connectivity index is 2.15. The minimum absolute atomic E-state index is 0.00162. The van der Waals surface area contributed by atoms with Crippen molar-refractivity contribution in [1.82, 2.24) is 10.2 Å². The van der Waals surface area contributed by atoms with Crippen LogP contribution in [0.5, 0.6) is 0 Å². The molecule has 3 N–H and O–H groups in total. The third kappa shape index (κ3) is 7.54. The Morgan fingerprint density at radius 1 is 1.17 bits per heavy atom. The van der Waals surface area contributed by atoms with Crippen LogP contribution in [0.25, 0.3) is 0 Å². The fourth-order valence-corrected chi connectivity index (χ4v) is 2.28. The maximum Gasteiger partial charge on any atom is 0.188 e. The number of nitrogens with two attached hydrogens (primary N) is 1. The fourth-order valence-electron chi connectivity index (χ4n) is 2.28. The van der Waals surface area contributed by atoms with Crippen molar-refractivity contribution in [2.45, 2.75) is 58.4 Å². The topological polar surface area (TPSA) is 53.6 Å². The van der Waals surface area contributed by atoms with Gasteiger partial charge in [0, 0.05) is 12.1 Å². The molecule has 106 valence electrons. The van der Waals surface area contributed by atoms with Crippen molar-refractivity contribution in [3.05, 3.63) is 0 Å². The summed E-state index contributed by atoms with van der Waals surface area (Å²) in [7, 11) is 0. The van der Waals surface area contributed by atoms with Gasteiger partial charge in [-0.25, -0.2) is 0 Å². The van der Waals surface area contributed by atoms with Crippen LogP contribution in [0.2, 0.25) is 0 Å². The van der Waals surface area contributed by atoms with Crippen LogP contribution in [0.4, 0.5) is 0 Å². The molecule has 18 heavy (non-hydrogen) atoms. The molecule has 0 aromatic rings. The van der Waals surface area contributed by atoms with Crippen molar-refractivity contribution in [3.8, 4) is 0 Å². The molecule has 0 saturated carbocycles. The summed E-state index contributed by atoms with van der Waals surface area (Å²) in [6, 6.07) is 0. The molecule has 1 aliphatic rings. The first-order valence-electron chi connectivity index (χ1n) is 7.28. The normalized spacial score (nSPS) is 19.6. The molecular formula is C14H30N4. The van der Waals surface area contributed by atoms with Crippen molar-refractivity contribution >= 4 is 5.96 Å². The van der Waals surface area contributed by atoms with Crippen molar-refractivity contribution < 1.29 is 0 Å². The van der Waals surface area contributed by atoms with Gasteiger partial charge in [0.2, 0.25) is 0 Å². The Bertz CT molecular complexity index is 247. The van der Waals surface area contributed by atoms with E-state index in [9.17, 15) is 0 Å². The Labute approximate surface area is 112 Å². The molecule has 1 aliphatic heterocycles. The van der Waals surface area contributed by atoms with Gasteiger partial charge < -0.3 is 16.0 Å². The molecular weight excluding hydrogens is 224 g/mol. The van der Waals surface area contributed by atoms with Gasteiger partial charge in [-0.2, -0.15) is 0 Å². The Morgan fingerprint density at radius 3 is 2.33 bits per heavy atom. The Kier molecular flexibility index (Phi) is 6.47. The predicted molar refractivity (Wildman–Crippen MR) is 78.9 cm³/mol. The van der Waals surface area contributed by atoms with E-state index in [-0.39, 0.29) is 5.54 Å². The van der Waals surface area contributed by atoms with E-state index in [2.05, 4.69) is 36.0 Å². The van der Waals surface area contributed by atoms with E-state index in [1.54, 1.807) is 0 Å². The van der Waals surface area contributed by atoms with Crippen LogP contribution in [0.15, 0.2) is 4.99 Å². The minimum Gasteiger partial charge on any atom is -0.370 e. The van der Waals surface area contributed by atoms with E-state index in [1.807, 2.05) is 0 Å². The summed E-state index contributed by atoms with van der Waals surface area (Å²) in [6.45, 7) is 10.8. The average Bonchev–Trinajstić information content (AvgIpc) is 2.50. The number of hydrogen-bond acceptors (Lipinski definition) is 2. The molecule has 1 heterocycles. The van der Waals surface area contributed by atoms with Crippen LogP contribution in [0.3, 0.4) is 0 Å². The molecule has 4 heteroatoms. The summed E-state index contributed by atoms with van der Waals surface area (Å²) in [6.07, 6.45) is 6.62. The highest BCUT2D eigenvalue weighted by Gasteiger charge is 2.10. The maximum atomic E-state index is 5.83. The molecule has 0 radical (unpaired) electrons. The first-order valence-corrected chi connectivity index (χ1v) is 7.28. The standard InChI is InChI=1S/C14H30N4/c1-14(2,3)17-13(15)16-9-8-12-18-10-6-4-5-7-11-18/h4-12H2,1-3H3,(H3,15,16,17). The van der Waals surface area contributed by atoms with Gasteiger partial charge in [0.1, 0.15) is 0 Å². The predicted octanol–water partition coefficient (Wildman–Crippen LogP) is 1.96. The maximum absolute atomic E-state index is 5.83. The van der Waals surface area contributed by atoms with Crippen molar-refractivity contribution in [3.63, 3.8) is 0 Å². The van der Waals surface area contributed by atoms with Gasteiger partial charge in [-0.3, -0.25) is 4.99 Å². The zero-order chi connectivity index (χ0) is 13.4. The Morgan fingerprint density at radius 2 is 1.78 bits per heavy atom. The lowest BCUT2D eigenvalue weighted by Gasteiger charge is -2.21. The summed E-state index contributed by atoms with van der Waals surface area (Å²) >= 11 is 0. The van der Waals surface area contributed by atoms with Gasteiger partial charge >= 0.3 is 0 Å². The van der Waals surface area contributed by atoms with E-state index in [0.717, 1.165) is 19.5 Å². The molecule has 1 saturated heterocycles. The number of nitrogens with one attached hydrogen (secondary N) is 1. The van der Waals surface area contributed by atoms with Gasteiger partial charge in [0.25, 0.3) is 0 Å². The van der Waals surface area contributed by atoms with E-state index in [4.69, 9.17) is 5.73 Å². The average molecular weight is 254 g/mol. The zero-order valence-electron chi connectivity index (χ0n) is 12.3. The quantitative estimate of drug-likeness (QED) is 0.458. The van der Waals surface area contributed by atoms with Gasteiger partial charge in [0.15, 0.2) is 5.96 Å². The number of guanidine groups is 1. The van der Waals surface area contributed by atoms with E-state index >= 15 is 0 Å². The summed E-state index contributed by atoms with van der Waals surface area (Å²) in [5.74, 6) is 0.568. The minimum atomic E-state index is -0.00162. The van der Waals surface area contributed by atoms with Gasteiger partial charge in [-0.05, 0) is 59.7 Å². The second-order valence-electron chi connectivity index (χ2n) is 6.25. The first-order chi connectivity index (χ1) is 8.47. The molecule has 0 atom stereocenters.